The monoisotopic (exact) mass is 170 g/mol. The van der Waals surface area contributed by atoms with Gasteiger partial charge in [0.05, 0.1) is 0 Å². The molecule has 70 valence electrons. The van der Waals surface area contributed by atoms with Crippen LogP contribution in [0.1, 0.15) is 19.3 Å². The van der Waals surface area contributed by atoms with E-state index in [2.05, 4.69) is 4.90 Å². The van der Waals surface area contributed by atoms with E-state index in [0.717, 1.165) is 25.8 Å². The molecule has 2 heterocycles. The average molecular weight is 170 g/mol. The van der Waals surface area contributed by atoms with E-state index in [4.69, 9.17) is 10.5 Å². The molecule has 2 fully saturated rings. The fourth-order valence-corrected chi connectivity index (χ4v) is 2.20. The van der Waals surface area contributed by atoms with Crippen molar-refractivity contribution in [3.8, 4) is 0 Å². The van der Waals surface area contributed by atoms with Crippen LogP contribution in [0.4, 0.5) is 0 Å². The number of ether oxygens (including phenoxy) is 1. The van der Waals surface area contributed by atoms with E-state index in [9.17, 15) is 0 Å². The highest BCUT2D eigenvalue weighted by Gasteiger charge is 2.27. The topological polar surface area (TPSA) is 38.5 Å². The van der Waals surface area contributed by atoms with Gasteiger partial charge in [-0.1, -0.05) is 0 Å². The minimum absolute atomic E-state index is 0.424. The molecule has 0 bridgehead atoms. The van der Waals surface area contributed by atoms with Crippen molar-refractivity contribution >= 4 is 0 Å². The van der Waals surface area contributed by atoms with Crippen LogP contribution in [-0.4, -0.2) is 43.3 Å². The summed E-state index contributed by atoms with van der Waals surface area (Å²) in [7, 11) is 0. The molecule has 0 radical (unpaired) electrons. The summed E-state index contributed by atoms with van der Waals surface area (Å²) >= 11 is 0. The summed E-state index contributed by atoms with van der Waals surface area (Å²) in [5.74, 6) is 0. The third-order valence-electron chi connectivity index (χ3n) is 2.96. The molecule has 0 amide bonds. The van der Waals surface area contributed by atoms with Crippen molar-refractivity contribution in [2.24, 2.45) is 5.73 Å². The third-order valence-corrected chi connectivity index (χ3v) is 2.96. The summed E-state index contributed by atoms with van der Waals surface area (Å²) < 4.78 is 5.33. The Bertz CT molecular complexity index is 143. The molecule has 2 aliphatic heterocycles. The first kappa shape index (κ1) is 8.48. The SMILES string of the molecule is N[C@@H]1CCN(C2CCOCC2)C1. The Morgan fingerprint density at radius 3 is 2.50 bits per heavy atom. The zero-order valence-electron chi connectivity index (χ0n) is 7.54. The molecule has 3 heteroatoms. The maximum atomic E-state index is 5.86. The zero-order chi connectivity index (χ0) is 8.39. The standard InChI is InChI=1S/C9H18N2O/c10-8-1-4-11(7-8)9-2-5-12-6-3-9/h8-9H,1-7,10H2/t8-/m1/s1. The lowest BCUT2D eigenvalue weighted by atomic mass is 10.1. The first-order valence-corrected chi connectivity index (χ1v) is 4.93. The molecule has 1 atom stereocenters. The Balaban J connectivity index is 1.83. The van der Waals surface area contributed by atoms with Crippen LogP contribution in [0.15, 0.2) is 0 Å². The van der Waals surface area contributed by atoms with Gasteiger partial charge in [-0.3, -0.25) is 4.90 Å². The van der Waals surface area contributed by atoms with Crippen LogP contribution in [0, 0.1) is 0 Å². The van der Waals surface area contributed by atoms with Crippen LogP contribution in [0.25, 0.3) is 0 Å². The molecule has 0 aromatic rings. The first-order valence-electron chi connectivity index (χ1n) is 4.93. The van der Waals surface area contributed by atoms with Gasteiger partial charge in [0.2, 0.25) is 0 Å². The first-order chi connectivity index (χ1) is 5.86. The molecule has 0 unspecified atom stereocenters. The largest absolute Gasteiger partial charge is 0.381 e. The van der Waals surface area contributed by atoms with Crippen LogP contribution in [0.5, 0.6) is 0 Å². The highest BCUT2D eigenvalue weighted by atomic mass is 16.5. The van der Waals surface area contributed by atoms with Gasteiger partial charge in [-0.2, -0.15) is 0 Å². The number of hydrogen-bond acceptors (Lipinski definition) is 3. The maximum absolute atomic E-state index is 5.86. The van der Waals surface area contributed by atoms with Crippen molar-refractivity contribution in [1.82, 2.24) is 4.90 Å². The lowest BCUT2D eigenvalue weighted by molar-refractivity contribution is 0.0420. The van der Waals surface area contributed by atoms with Crippen molar-refractivity contribution in [2.75, 3.05) is 26.3 Å². The predicted molar refractivity (Wildman–Crippen MR) is 48.0 cm³/mol. The minimum atomic E-state index is 0.424. The van der Waals surface area contributed by atoms with E-state index in [1.807, 2.05) is 0 Å². The van der Waals surface area contributed by atoms with Crippen molar-refractivity contribution in [2.45, 2.75) is 31.3 Å². The van der Waals surface area contributed by atoms with Gasteiger partial charge in [0.1, 0.15) is 0 Å². The Morgan fingerprint density at radius 2 is 1.92 bits per heavy atom. The molecule has 2 rings (SSSR count). The summed E-state index contributed by atoms with van der Waals surface area (Å²) in [4.78, 5) is 2.53. The predicted octanol–water partition coefficient (Wildman–Crippen LogP) is 0.198. The molecule has 0 aromatic heterocycles. The highest BCUT2D eigenvalue weighted by Crippen LogP contribution is 2.18. The highest BCUT2D eigenvalue weighted by molar-refractivity contribution is 4.84. The average Bonchev–Trinajstić information content (AvgIpc) is 2.54. The summed E-state index contributed by atoms with van der Waals surface area (Å²) in [5.41, 5.74) is 5.86. The van der Waals surface area contributed by atoms with Crippen molar-refractivity contribution in [1.29, 1.82) is 0 Å². The summed E-state index contributed by atoms with van der Waals surface area (Å²) in [6.45, 7) is 4.18. The summed E-state index contributed by atoms with van der Waals surface area (Å²) in [6, 6.07) is 1.18. The van der Waals surface area contributed by atoms with Crippen molar-refractivity contribution in [3.63, 3.8) is 0 Å². The molecule has 0 saturated carbocycles. The van der Waals surface area contributed by atoms with E-state index in [1.165, 1.54) is 25.8 Å². The molecule has 3 nitrogen and oxygen atoms in total. The molecule has 2 saturated heterocycles. The van der Waals surface area contributed by atoms with E-state index in [1.54, 1.807) is 0 Å². The molecule has 0 spiro atoms. The van der Waals surface area contributed by atoms with Gasteiger partial charge in [0.25, 0.3) is 0 Å². The van der Waals surface area contributed by atoms with Crippen LogP contribution < -0.4 is 5.73 Å². The molecule has 0 aromatic carbocycles. The Kier molecular flexibility index (Phi) is 2.63. The van der Waals surface area contributed by atoms with Gasteiger partial charge in [-0.25, -0.2) is 0 Å². The third kappa shape index (κ3) is 1.79. The normalized spacial score (nSPS) is 34.2. The van der Waals surface area contributed by atoms with Gasteiger partial charge in [-0.05, 0) is 19.3 Å². The lowest BCUT2D eigenvalue weighted by Crippen LogP contribution is -2.39. The minimum Gasteiger partial charge on any atom is -0.381 e. The van der Waals surface area contributed by atoms with Gasteiger partial charge < -0.3 is 10.5 Å². The summed E-state index contributed by atoms with van der Waals surface area (Å²) in [5, 5.41) is 0. The number of rotatable bonds is 1. The van der Waals surface area contributed by atoms with E-state index < -0.39 is 0 Å². The van der Waals surface area contributed by atoms with Gasteiger partial charge in [0.15, 0.2) is 0 Å². The van der Waals surface area contributed by atoms with Crippen LogP contribution >= 0.6 is 0 Å². The Morgan fingerprint density at radius 1 is 1.17 bits per heavy atom. The Labute approximate surface area is 73.9 Å². The molecule has 12 heavy (non-hydrogen) atoms. The quantitative estimate of drug-likeness (QED) is 0.611. The van der Waals surface area contributed by atoms with E-state index >= 15 is 0 Å². The van der Waals surface area contributed by atoms with Crippen molar-refractivity contribution < 1.29 is 4.74 Å². The molecule has 2 N–H and O–H groups in total. The fraction of sp³-hybridized carbons (Fsp3) is 1.00. The number of hydrogen-bond donors (Lipinski definition) is 1. The number of likely N-dealkylation sites (tertiary alicyclic amines) is 1. The molecule has 2 aliphatic rings. The second kappa shape index (κ2) is 3.73. The Hall–Kier alpha value is -0.120. The van der Waals surface area contributed by atoms with Crippen LogP contribution in [-0.2, 0) is 4.74 Å². The van der Waals surface area contributed by atoms with Crippen LogP contribution in [0.3, 0.4) is 0 Å². The number of nitrogens with zero attached hydrogens (tertiary/aromatic N) is 1. The molecular formula is C9H18N2O. The lowest BCUT2D eigenvalue weighted by Gasteiger charge is -2.30. The second-order valence-electron chi connectivity index (χ2n) is 3.89. The van der Waals surface area contributed by atoms with Crippen LogP contribution in [0.2, 0.25) is 0 Å². The maximum Gasteiger partial charge on any atom is 0.0480 e. The van der Waals surface area contributed by atoms with E-state index in [-0.39, 0.29) is 0 Å². The molecular weight excluding hydrogens is 152 g/mol. The summed E-state index contributed by atoms with van der Waals surface area (Å²) in [6.07, 6.45) is 3.58. The van der Waals surface area contributed by atoms with Gasteiger partial charge in [0, 0.05) is 38.4 Å². The number of nitrogens with two attached hydrogens (primary N) is 1. The second-order valence-corrected chi connectivity index (χ2v) is 3.89. The smallest absolute Gasteiger partial charge is 0.0480 e. The van der Waals surface area contributed by atoms with Gasteiger partial charge in [-0.15, -0.1) is 0 Å². The molecule has 0 aliphatic carbocycles. The van der Waals surface area contributed by atoms with E-state index in [0.29, 0.717) is 6.04 Å². The zero-order valence-corrected chi connectivity index (χ0v) is 7.54. The van der Waals surface area contributed by atoms with Gasteiger partial charge >= 0.3 is 0 Å². The van der Waals surface area contributed by atoms with Crippen molar-refractivity contribution in [3.05, 3.63) is 0 Å². The fourth-order valence-electron chi connectivity index (χ4n) is 2.20.